The van der Waals surface area contributed by atoms with E-state index >= 15 is 0 Å². The number of halogens is 5. The molecule has 0 unspecified atom stereocenters. The highest BCUT2D eigenvalue weighted by atomic mass is 79.9. The summed E-state index contributed by atoms with van der Waals surface area (Å²) >= 11 is 24.7. The molecule has 0 spiro atoms. The summed E-state index contributed by atoms with van der Waals surface area (Å²) < 4.78 is 7.33. The summed E-state index contributed by atoms with van der Waals surface area (Å²) in [4.78, 5) is 0. The quantitative estimate of drug-likeness (QED) is 0.363. The summed E-state index contributed by atoms with van der Waals surface area (Å²) in [5.74, 6) is 1.59. The average molecular weight is 445 g/mol. The SMILES string of the molecule is ClCc1ccc(Oc2cc(Cl)c(Br)cc2Cl)cc1Br. The Hall–Kier alpha value is 0.0700. The van der Waals surface area contributed by atoms with Crippen molar-refractivity contribution in [2.75, 3.05) is 0 Å². The molecular formula is C13H7Br2Cl3O. The number of alkyl halides is 1. The first-order valence-electron chi connectivity index (χ1n) is 5.18. The molecule has 2 aromatic carbocycles. The van der Waals surface area contributed by atoms with Crippen molar-refractivity contribution in [1.29, 1.82) is 0 Å². The Morgan fingerprint density at radius 1 is 0.947 bits per heavy atom. The van der Waals surface area contributed by atoms with Crippen LogP contribution in [0, 0.1) is 0 Å². The normalized spacial score (nSPS) is 10.6. The Balaban J connectivity index is 2.31. The standard InChI is InChI=1S/C13H7Br2Cl3O/c14-9-3-8(2-1-7(9)6-16)19-13-5-11(17)10(15)4-12(13)18/h1-5H,6H2. The maximum absolute atomic E-state index is 6.10. The second kappa shape index (κ2) is 6.68. The van der Waals surface area contributed by atoms with E-state index in [1.54, 1.807) is 12.1 Å². The van der Waals surface area contributed by atoms with Crippen molar-refractivity contribution in [1.82, 2.24) is 0 Å². The minimum Gasteiger partial charge on any atom is -0.456 e. The number of ether oxygens (including phenoxy) is 1. The Bertz CT molecular complexity index is 617. The molecule has 0 N–H and O–H groups in total. The molecule has 2 aromatic rings. The van der Waals surface area contributed by atoms with Gasteiger partial charge in [0.25, 0.3) is 0 Å². The molecule has 0 fully saturated rings. The third-order valence-corrected chi connectivity index (χ3v) is 4.89. The topological polar surface area (TPSA) is 9.23 Å². The van der Waals surface area contributed by atoms with E-state index in [9.17, 15) is 0 Å². The molecule has 0 amide bonds. The van der Waals surface area contributed by atoms with E-state index in [0.29, 0.717) is 27.4 Å². The van der Waals surface area contributed by atoms with Gasteiger partial charge in [-0.2, -0.15) is 0 Å². The highest BCUT2D eigenvalue weighted by molar-refractivity contribution is 9.10. The molecule has 0 aliphatic rings. The molecule has 0 bridgehead atoms. The summed E-state index contributed by atoms with van der Waals surface area (Å²) in [6.45, 7) is 0. The van der Waals surface area contributed by atoms with Crippen molar-refractivity contribution in [3.63, 3.8) is 0 Å². The molecule has 0 aromatic heterocycles. The highest BCUT2D eigenvalue weighted by Crippen LogP contribution is 2.37. The van der Waals surface area contributed by atoms with Crippen LogP contribution < -0.4 is 4.74 Å². The first-order valence-corrected chi connectivity index (χ1v) is 8.05. The fraction of sp³-hybridized carbons (Fsp3) is 0.0769. The van der Waals surface area contributed by atoms with Gasteiger partial charge in [0.2, 0.25) is 0 Å². The Morgan fingerprint density at radius 3 is 2.32 bits per heavy atom. The fourth-order valence-corrected chi connectivity index (χ4v) is 3.13. The monoisotopic (exact) mass is 442 g/mol. The van der Waals surface area contributed by atoms with Gasteiger partial charge in [0.1, 0.15) is 11.5 Å². The lowest BCUT2D eigenvalue weighted by Crippen LogP contribution is -1.88. The van der Waals surface area contributed by atoms with Crippen molar-refractivity contribution in [3.05, 3.63) is 54.9 Å². The second-order valence-electron chi connectivity index (χ2n) is 3.69. The van der Waals surface area contributed by atoms with E-state index in [1.807, 2.05) is 18.2 Å². The lowest BCUT2D eigenvalue weighted by Gasteiger charge is -2.10. The zero-order valence-corrected chi connectivity index (χ0v) is 14.8. The van der Waals surface area contributed by atoms with Crippen LogP contribution in [0.2, 0.25) is 10.0 Å². The van der Waals surface area contributed by atoms with Crippen molar-refractivity contribution in [2.24, 2.45) is 0 Å². The summed E-state index contributed by atoms with van der Waals surface area (Å²) in [5, 5.41) is 1.02. The molecule has 2 rings (SSSR count). The van der Waals surface area contributed by atoms with Crippen LogP contribution in [-0.4, -0.2) is 0 Å². The lowest BCUT2D eigenvalue weighted by atomic mass is 10.2. The van der Waals surface area contributed by atoms with Crippen molar-refractivity contribution in [3.8, 4) is 11.5 Å². The highest BCUT2D eigenvalue weighted by Gasteiger charge is 2.09. The van der Waals surface area contributed by atoms with Gasteiger partial charge in [0, 0.05) is 20.9 Å². The van der Waals surface area contributed by atoms with Gasteiger partial charge in [-0.05, 0) is 39.7 Å². The van der Waals surface area contributed by atoms with Gasteiger partial charge in [-0.1, -0.05) is 45.2 Å². The molecule has 0 aliphatic carbocycles. The van der Waals surface area contributed by atoms with Crippen LogP contribution in [0.5, 0.6) is 11.5 Å². The van der Waals surface area contributed by atoms with Gasteiger partial charge < -0.3 is 4.74 Å². The lowest BCUT2D eigenvalue weighted by molar-refractivity contribution is 0.482. The van der Waals surface area contributed by atoms with Crippen LogP contribution in [0.1, 0.15) is 5.56 Å². The Kier molecular flexibility index (Phi) is 5.44. The molecule has 0 saturated heterocycles. The van der Waals surface area contributed by atoms with Crippen molar-refractivity contribution in [2.45, 2.75) is 5.88 Å². The van der Waals surface area contributed by atoms with Crippen molar-refractivity contribution < 1.29 is 4.74 Å². The third kappa shape index (κ3) is 3.79. The average Bonchev–Trinajstić information content (AvgIpc) is 2.36. The van der Waals surface area contributed by atoms with Gasteiger partial charge in [-0.25, -0.2) is 0 Å². The number of benzene rings is 2. The molecule has 0 heterocycles. The van der Waals surface area contributed by atoms with Gasteiger partial charge in [0.05, 0.1) is 10.0 Å². The largest absolute Gasteiger partial charge is 0.456 e. The van der Waals surface area contributed by atoms with E-state index in [2.05, 4.69) is 31.9 Å². The van der Waals surface area contributed by atoms with Crippen LogP contribution in [0.4, 0.5) is 0 Å². The van der Waals surface area contributed by atoms with Crippen LogP contribution in [0.3, 0.4) is 0 Å². The third-order valence-electron chi connectivity index (χ3n) is 2.37. The molecule has 0 radical (unpaired) electrons. The van der Waals surface area contributed by atoms with Crippen LogP contribution in [-0.2, 0) is 5.88 Å². The van der Waals surface area contributed by atoms with E-state index in [1.165, 1.54) is 0 Å². The smallest absolute Gasteiger partial charge is 0.147 e. The molecule has 0 aliphatic heterocycles. The van der Waals surface area contributed by atoms with E-state index < -0.39 is 0 Å². The van der Waals surface area contributed by atoms with Crippen molar-refractivity contribution >= 4 is 66.7 Å². The maximum Gasteiger partial charge on any atom is 0.147 e. The molecule has 6 heteroatoms. The molecular weight excluding hydrogens is 438 g/mol. The number of hydrogen-bond donors (Lipinski definition) is 0. The minimum atomic E-state index is 0.436. The first-order chi connectivity index (χ1) is 9.01. The predicted molar refractivity (Wildman–Crippen MR) is 87.9 cm³/mol. The molecule has 19 heavy (non-hydrogen) atoms. The zero-order valence-electron chi connectivity index (χ0n) is 9.39. The summed E-state index contributed by atoms with van der Waals surface area (Å²) in [6.07, 6.45) is 0. The van der Waals surface area contributed by atoms with Gasteiger partial charge in [-0.15, -0.1) is 11.6 Å². The van der Waals surface area contributed by atoms with Gasteiger partial charge in [0.15, 0.2) is 0 Å². The van der Waals surface area contributed by atoms with Crippen LogP contribution in [0.25, 0.3) is 0 Å². The maximum atomic E-state index is 6.10. The minimum absolute atomic E-state index is 0.436. The number of rotatable bonds is 3. The van der Waals surface area contributed by atoms with Gasteiger partial charge >= 0.3 is 0 Å². The summed E-state index contributed by atoms with van der Waals surface area (Å²) in [5.41, 5.74) is 0.994. The molecule has 0 atom stereocenters. The molecule has 1 nitrogen and oxygen atoms in total. The second-order valence-corrected chi connectivity index (χ2v) is 6.48. The van der Waals surface area contributed by atoms with E-state index in [0.717, 1.165) is 14.5 Å². The number of hydrogen-bond acceptors (Lipinski definition) is 1. The fourth-order valence-electron chi connectivity index (χ4n) is 1.41. The van der Waals surface area contributed by atoms with Crippen LogP contribution >= 0.6 is 66.7 Å². The molecule has 0 saturated carbocycles. The Morgan fingerprint density at radius 2 is 1.68 bits per heavy atom. The summed E-state index contributed by atoms with van der Waals surface area (Å²) in [6, 6.07) is 8.91. The summed E-state index contributed by atoms with van der Waals surface area (Å²) in [7, 11) is 0. The van der Waals surface area contributed by atoms with E-state index in [-0.39, 0.29) is 0 Å². The Labute approximate surface area is 143 Å². The van der Waals surface area contributed by atoms with Gasteiger partial charge in [-0.3, -0.25) is 0 Å². The first kappa shape index (κ1) is 15.5. The zero-order chi connectivity index (χ0) is 14.0. The van der Waals surface area contributed by atoms with Crippen LogP contribution in [0.15, 0.2) is 39.3 Å². The predicted octanol–water partition coefficient (Wildman–Crippen LogP) is 7.05. The van der Waals surface area contributed by atoms with E-state index in [4.69, 9.17) is 39.5 Å². The molecule has 100 valence electrons.